The zero-order valence-corrected chi connectivity index (χ0v) is 18.3. The quantitative estimate of drug-likeness (QED) is 0.703. The van der Waals surface area contributed by atoms with E-state index in [1.807, 2.05) is 20.8 Å². The lowest BCUT2D eigenvalue weighted by Gasteiger charge is -2.40. The number of methoxy groups -OCH3 is 1. The lowest BCUT2D eigenvalue weighted by atomic mass is 9.75. The van der Waals surface area contributed by atoms with Crippen molar-refractivity contribution in [3.8, 4) is 0 Å². The van der Waals surface area contributed by atoms with Crippen LogP contribution in [0.5, 0.6) is 0 Å². The van der Waals surface area contributed by atoms with Crippen LogP contribution in [0.25, 0.3) is 0 Å². The SMILES string of the molecule is COC(=O)C(c1cc(C)no1)C(C)(C)C(=O)N1CCN(C(=O)OC(C)(C)C)CC1. The van der Waals surface area contributed by atoms with E-state index in [0.717, 1.165) is 0 Å². The number of rotatable bonds is 4. The highest BCUT2D eigenvalue weighted by Gasteiger charge is 2.47. The maximum absolute atomic E-state index is 13.3. The second kappa shape index (κ2) is 8.42. The van der Waals surface area contributed by atoms with E-state index in [9.17, 15) is 14.4 Å². The zero-order chi connectivity index (χ0) is 22.0. The van der Waals surface area contributed by atoms with E-state index >= 15 is 0 Å². The van der Waals surface area contributed by atoms with Crippen LogP contribution in [0.15, 0.2) is 10.6 Å². The van der Waals surface area contributed by atoms with Crippen molar-refractivity contribution in [2.45, 2.75) is 53.1 Å². The van der Waals surface area contributed by atoms with Gasteiger partial charge in [0.25, 0.3) is 0 Å². The van der Waals surface area contributed by atoms with Crippen LogP contribution in [0.3, 0.4) is 0 Å². The third-order valence-corrected chi connectivity index (χ3v) is 4.86. The highest BCUT2D eigenvalue weighted by molar-refractivity contribution is 5.91. The van der Waals surface area contributed by atoms with Crippen molar-refractivity contribution in [3.63, 3.8) is 0 Å². The Labute approximate surface area is 171 Å². The van der Waals surface area contributed by atoms with Gasteiger partial charge in [-0.1, -0.05) is 5.16 Å². The molecular formula is C20H31N3O6. The van der Waals surface area contributed by atoms with Crippen molar-refractivity contribution in [1.29, 1.82) is 0 Å². The van der Waals surface area contributed by atoms with Crippen molar-refractivity contribution >= 4 is 18.0 Å². The fourth-order valence-corrected chi connectivity index (χ4v) is 3.35. The number of piperazine rings is 1. The Morgan fingerprint density at radius 3 is 2.07 bits per heavy atom. The third kappa shape index (κ3) is 5.27. The van der Waals surface area contributed by atoms with Gasteiger partial charge in [0.05, 0.1) is 18.2 Å². The van der Waals surface area contributed by atoms with E-state index in [2.05, 4.69) is 5.16 Å². The minimum atomic E-state index is -1.12. The summed E-state index contributed by atoms with van der Waals surface area (Å²) in [5.41, 5.74) is -1.08. The number of carbonyl (C=O) groups excluding carboxylic acids is 3. The van der Waals surface area contributed by atoms with Crippen LogP contribution in [0.2, 0.25) is 0 Å². The number of amides is 2. The van der Waals surface area contributed by atoms with E-state index in [1.165, 1.54) is 7.11 Å². The lowest BCUT2D eigenvalue weighted by molar-refractivity contribution is -0.155. The van der Waals surface area contributed by atoms with Gasteiger partial charge in [0.15, 0.2) is 5.76 Å². The maximum Gasteiger partial charge on any atom is 0.410 e. The van der Waals surface area contributed by atoms with Gasteiger partial charge in [-0.15, -0.1) is 0 Å². The summed E-state index contributed by atoms with van der Waals surface area (Å²) in [5.74, 6) is -1.41. The van der Waals surface area contributed by atoms with Gasteiger partial charge in [-0.2, -0.15) is 0 Å². The van der Waals surface area contributed by atoms with Crippen molar-refractivity contribution < 1.29 is 28.4 Å². The molecule has 0 aliphatic carbocycles. The highest BCUT2D eigenvalue weighted by atomic mass is 16.6. The van der Waals surface area contributed by atoms with E-state index in [1.54, 1.807) is 36.6 Å². The van der Waals surface area contributed by atoms with Crippen molar-refractivity contribution in [3.05, 3.63) is 17.5 Å². The molecule has 0 N–H and O–H groups in total. The molecule has 1 aliphatic rings. The molecule has 2 heterocycles. The summed E-state index contributed by atoms with van der Waals surface area (Å²) in [7, 11) is 1.28. The molecule has 1 aromatic rings. The standard InChI is InChI=1S/C20H31N3O6/c1-13-12-14(29-21-13)15(16(24)27-7)20(5,6)17(25)22-8-10-23(11-9-22)18(26)28-19(2,3)4/h12,15H,8-11H2,1-7H3. The average molecular weight is 409 g/mol. The van der Waals surface area contributed by atoms with Crippen LogP contribution < -0.4 is 0 Å². The molecule has 0 saturated carbocycles. The van der Waals surface area contributed by atoms with E-state index in [0.29, 0.717) is 37.6 Å². The summed E-state index contributed by atoms with van der Waals surface area (Å²) < 4.78 is 15.6. The number of carbonyl (C=O) groups is 3. The second-order valence-corrected chi connectivity index (χ2v) is 8.81. The molecule has 9 nitrogen and oxygen atoms in total. The summed E-state index contributed by atoms with van der Waals surface area (Å²) in [6, 6.07) is 1.64. The molecule has 0 radical (unpaired) electrons. The van der Waals surface area contributed by atoms with Gasteiger partial charge in [-0.25, -0.2) is 4.79 Å². The number of hydrogen-bond donors (Lipinski definition) is 0. The number of nitrogens with zero attached hydrogens (tertiary/aromatic N) is 3. The Balaban J connectivity index is 2.12. The second-order valence-electron chi connectivity index (χ2n) is 8.81. The van der Waals surface area contributed by atoms with Crippen molar-refractivity contribution in [1.82, 2.24) is 15.0 Å². The summed E-state index contributed by atoms with van der Waals surface area (Å²) in [6.45, 7) is 12.0. The maximum atomic E-state index is 13.3. The van der Waals surface area contributed by atoms with Gasteiger partial charge in [-0.05, 0) is 41.5 Å². The van der Waals surface area contributed by atoms with Gasteiger partial charge in [0.2, 0.25) is 5.91 Å². The van der Waals surface area contributed by atoms with Crippen molar-refractivity contribution in [2.24, 2.45) is 5.41 Å². The summed E-state index contributed by atoms with van der Waals surface area (Å²) in [6.07, 6.45) is -0.395. The number of aromatic nitrogens is 1. The van der Waals surface area contributed by atoms with Gasteiger partial charge >= 0.3 is 12.1 Å². The predicted octanol–water partition coefficient (Wildman–Crippen LogP) is 2.35. The number of aryl methyl sites for hydroxylation is 1. The molecule has 29 heavy (non-hydrogen) atoms. The zero-order valence-electron chi connectivity index (χ0n) is 18.3. The van der Waals surface area contributed by atoms with Gasteiger partial charge < -0.3 is 23.8 Å². The Bertz CT molecular complexity index is 757. The number of ether oxygens (including phenoxy) is 2. The first-order valence-electron chi connectivity index (χ1n) is 9.65. The molecule has 1 atom stereocenters. The molecule has 1 fully saturated rings. The first kappa shape index (κ1) is 22.7. The molecule has 162 valence electrons. The Morgan fingerprint density at radius 2 is 1.62 bits per heavy atom. The van der Waals surface area contributed by atoms with Gasteiger partial charge in [0, 0.05) is 32.2 Å². The molecular weight excluding hydrogens is 378 g/mol. The molecule has 0 spiro atoms. The fraction of sp³-hybridized carbons (Fsp3) is 0.700. The largest absolute Gasteiger partial charge is 0.468 e. The van der Waals surface area contributed by atoms with E-state index in [-0.39, 0.29) is 5.91 Å². The Morgan fingerprint density at radius 1 is 1.07 bits per heavy atom. The molecule has 0 bridgehead atoms. The molecule has 1 aliphatic heterocycles. The molecule has 2 amide bonds. The minimum absolute atomic E-state index is 0.217. The molecule has 0 aromatic carbocycles. The molecule has 1 saturated heterocycles. The molecule has 1 unspecified atom stereocenters. The van der Waals surface area contributed by atoms with Crippen LogP contribution in [-0.2, 0) is 19.1 Å². The van der Waals surface area contributed by atoms with E-state index < -0.39 is 29.0 Å². The molecule has 2 rings (SSSR count). The first-order valence-corrected chi connectivity index (χ1v) is 9.65. The highest BCUT2D eigenvalue weighted by Crippen LogP contribution is 2.39. The number of hydrogen-bond acceptors (Lipinski definition) is 7. The molecule has 9 heteroatoms. The summed E-state index contributed by atoms with van der Waals surface area (Å²) >= 11 is 0. The minimum Gasteiger partial charge on any atom is -0.468 e. The Hall–Kier alpha value is -2.58. The number of esters is 1. The smallest absolute Gasteiger partial charge is 0.410 e. The third-order valence-electron chi connectivity index (χ3n) is 4.86. The Kier molecular flexibility index (Phi) is 6.60. The van der Waals surface area contributed by atoms with E-state index in [4.69, 9.17) is 14.0 Å². The summed E-state index contributed by atoms with van der Waals surface area (Å²) in [5, 5.41) is 3.83. The average Bonchev–Trinajstić information content (AvgIpc) is 3.05. The van der Waals surface area contributed by atoms with Gasteiger partial charge in [-0.3, -0.25) is 9.59 Å². The lowest BCUT2D eigenvalue weighted by Crippen LogP contribution is -2.55. The molecule has 1 aromatic heterocycles. The van der Waals surface area contributed by atoms with Crippen LogP contribution in [0.4, 0.5) is 4.79 Å². The van der Waals surface area contributed by atoms with Crippen LogP contribution in [0.1, 0.15) is 52.0 Å². The normalized spacial score (nSPS) is 16.4. The van der Waals surface area contributed by atoms with Crippen LogP contribution in [-0.4, -0.2) is 71.8 Å². The topological polar surface area (TPSA) is 102 Å². The first-order chi connectivity index (χ1) is 13.4. The predicted molar refractivity (Wildman–Crippen MR) is 104 cm³/mol. The van der Waals surface area contributed by atoms with Crippen molar-refractivity contribution in [2.75, 3.05) is 33.3 Å². The van der Waals surface area contributed by atoms with Crippen LogP contribution >= 0.6 is 0 Å². The van der Waals surface area contributed by atoms with Crippen LogP contribution in [0, 0.1) is 12.3 Å². The van der Waals surface area contributed by atoms with Gasteiger partial charge in [0.1, 0.15) is 11.5 Å². The summed E-state index contributed by atoms with van der Waals surface area (Å²) in [4.78, 5) is 41.2. The monoisotopic (exact) mass is 409 g/mol. The fourth-order valence-electron chi connectivity index (χ4n) is 3.35.